The van der Waals surface area contributed by atoms with Gasteiger partial charge in [-0.3, -0.25) is 4.90 Å². The van der Waals surface area contributed by atoms with Crippen LogP contribution in [0.4, 0.5) is 4.39 Å². The lowest BCUT2D eigenvalue weighted by Gasteiger charge is -2.22. The Morgan fingerprint density at radius 2 is 2.05 bits per heavy atom. The number of ether oxygens (including phenoxy) is 2. The number of nitrogens with zero attached hydrogens (tertiary/aromatic N) is 1. The Morgan fingerprint density at radius 1 is 1.32 bits per heavy atom. The fourth-order valence-corrected chi connectivity index (χ4v) is 2.52. The second-order valence-corrected chi connectivity index (χ2v) is 4.79. The van der Waals surface area contributed by atoms with Gasteiger partial charge in [0.05, 0.1) is 20.8 Å². The van der Waals surface area contributed by atoms with Gasteiger partial charge in [-0.1, -0.05) is 6.07 Å². The van der Waals surface area contributed by atoms with E-state index in [2.05, 4.69) is 0 Å². The summed E-state index contributed by atoms with van der Waals surface area (Å²) in [6.07, 6.45) is -0.443. The molecule has 4 nitrogen and oxygen atoms in total. The summed E-state index contributed by atoms with van der Waals surface area (Å²) in [7, 11) is 3.18. The number of methoxy groups -OCH3 is 2. The predicted octanol–water partition coefficient (Wildman–Crippen LogP) is 1.61. The third-order valence-corrected chi connectivity index (χ3v) is 3.52. The molecule has 1 aliphatic rings. The molecule has 0 saturated carbocycles. The Bertz CT molecular complexity index is 427. The van der Waals surface area contributed by atoms with Crippen molar-refractivity contribution >= 4 is 0 Å². The van der Waals surface area contributed by atoms with Gasteiger partial charge in [-0.05, 0) is 24.1 Å². The number of halogens is 1. The van der Waals surface area contributed by atoms with Crippen LogP contribution < -0.4 is 9.47 Å². The van der Waals surface area contributed by atoms with Crippen molar-refractivity contribution in [3.63, 3.8) is 0 Å². The van der Waals surface area contributed by atoms with E-state index in [0.717, 1.165) is 5.56 Å². The summed E-state index contributed by atoms with van der Waals surface area (Å²) in [4.78, 5) is 1.96. The molecular weight excluding hydrogens is 249 g/mol. The smallest absolute Gasteiger partial charge is 0.161 e. The molecular formula is C14H20FNO3. The molecule has 106 valence electrons. The molecule has 0 aliphatic carbocycles. The van der Waals surface area contributed by atoms with Crippen LogP contribution in [0.25, 0.3) is 0 Å². The van der Waals surface area contributed by atoms with E-state index in [0.29, 0.717) is 31.0 Å². The molecule has 0 spiro atoms. The number of benzene rings is 1. The molecule has 1 fully saturated rings. The maximum atomic E-state index is 13.4. The molecule has 0 unspecified atom stereocenters. The lowest BCUT2D eigenvalue weighted by Crippen LogP contribution is -2.31. The van der Waals surface area contributed by atoms with Crippen molar-refractivity contribution in [2.45, 2.75) is 25.2 Å². The van der Waals surface area contributed by atoms with Gasteiger partial charge in [0, 0.05) is 19.1 Å². The highest BCUT2D eigenvalue weighted by atomic mass is 19.1. The normalized spacial score (nSPS) is 23.6. The zero-order chi connectivity index (χ0) is 13.8. The first-order chi connectivity index (χ1) is 9.17. The Balaban J connectivity index is 2.10. The van der Waals surface area contributed by atoms with Gasteiger partial charge in [0.15, 0.2) is 11.5 Å². The topological polar surface area (TPSA) is 41.9 Å². The summed E-state index contributed by atoms with van der Waals surface area (Å²) in [5, 5.41) is 9.26. The Labute approximate surface area is 112 Å². The third-order valence-electron chi connectivity index (χ3n) is 3.52. The molecule has 0 radical (unpaired) electrons. The quantitative estimate of drug-likeness (QED) is 0.882. The highest BCUT2D eigenvalue weighted by molar-refractivity contribution is 5.42. The third kappa shape index (κ3) is 3.16. The van der Waals surface area contributed by atoms with Crippen LogP contribution in [0.3, 0.4) is 0 Å². The molecule has 2 rings (SSSR count). The summed E-state index contributed by atoms with van der Waals surface area (Å²) in [6.45, 7) is 0.972. The molecule has 1 aliphatic heterocycles. The van der Waals surface area contributed by atoms with Crippen LogP contribution in [0.1, 0.15) is 12.0 Å². The van der Waals surface area contributed by atoms with Gasteiger partial charge in [-0.2, -0.15) is 0 Å². The molecule has 5 heteroatoms. The van der Waals surface area contributed by atoms with E-state index < -0.39 is 6.17 Å². The number of rotatable bonds is 5. The SMILES string of the molecule is COc1ccc(CN2C[C@@H](F)C[C@H]2CO)cc1OC. The van der Waals surface area contributed by atoms with Crippen LogP contribution in [0.2, 0.25) is 0 Å². The Hall–Kier alpha value is -1.33. The van der Waals surface area contributed by atoms with E-state index in [9.17, 15) is 9.50 Å². The number of aliphatic hydroxyl groups is 1. The molecule has 19 heavy (non-hydrogen) atoms. The van der Waals surface area contributed by atoms with Crippen molar-refractivity contribution in [1.82, 2.24) is 4.90 Å². The van der Waals surface area contributed by atoms with Gasteiger partial charge in [0.25, 0.3) is 0 Å². The molecule has 1 saturated heterocycles. The van der Waals surface area contributed by atoms with Crippen LogP contribution in [-0.2, 0) is 6.54 Å². The predicted molar refractivity (Wildman–Crippen MR) is 70.3 cm³/mol. The number of likely N-dealkylation sites (tertiary alicyclic amines) is 1. The van der Waals surface area contributed by atoms with E-state index in [1.54, 1.807) is 14.2 Å². The minimum Gasteiger partial charge on any atom is -0.493 e. The van der Waals surface area contributed by atoms with Crippen LogP contribution >= 0.6 is 0 Å². The Kier molecular flexibility index (Phi) is 4.61. The molecule has 0 bridgehead atoms. The lowest BCUT2D eigenvalue weighted by atomic mass is 10.1. The van der Waals surface area contributed by atoms with E-state index in [-0.39, 0.29) is 12.6 Å². The van der Waals surface area contributed by atoms with Crippen LogP contribution in [-0.4, -0.2) is 49.6 Å². The summed E-state index contributed by atoms with van der Waals surface area (Å²) in [6, 6.07) is 5.56. The average molecular weight is 269 g/mol. The number of hydrogen-bond donors (Lipinski definition) is 1. The van der Waals surface area contributed by atoms with E-state index in [1.807, 2.05) is 23.1 Å². The molecule has 1 aromatic carbocycles. The van der Waals surface area contributed by atoms with Crippen molar-refractivity contribution in [3.8, 4) is 11.5 Å². The lowest BCUT2D eigenvalue weighted by molar-refractivity contribution is 0.153. The van der Waals surface area contributed by atoms with Gasteiger partial charge in [0.2, 0.25) is 0 Å². The summed E-state index contributed by atoms with van der Waals surface area (Å²) in [5.41, 5.74) is 1.02. The average Bonchev–Trinajstić information content (AvgIpc) is 2.78. The minimum absolute atomic E-state index is 0.00624. The molecule has 0 aromatic heterocycles. The van der Waals surface area contributed by atoms with Gasteiger partial charge in [0.1, 0.15) is 6.17 Å². The number of aliphatic hydroxyl groups excluding tert-OH is 1. The zero-order valence-electron chi connectivity index (χ0n) is 11.3. The molecule has 1 heterocycles. The van der Waals surface area contributed by atoms with Gasteiger partial charge < -0.3 is 14.6 Å². The minimum atomic E-state index is -0.850. The zero-order valence-corrected chi connectivity index (χ0v) is 11.3. The molecule has 0 amide bonds. The maximum Gasteiger partial charge on any atom is 0.161 e. The van der Waals surface area contributed by atoms with Crippen LogP contribution in [0.5, 0.6) is 11.5 Å². The monoisotopic (exact) mass is 269 g/mol. The fraction of sp³-hybridized carbons (Fsp3) is 0.571. The first-order valence-corrected chi connectivity index (χ1v) is 6.37. The standard InChI is InChI=1S/C14H20FNO3/c1-18-13-4-3-10(5-14(13)19-2)7-16-8-11(15)6-12(16)9-17/h3-5,11-12,17H,6-9H2,1-2H3/t11-,12-/m0/s1. The van der Waals surface area contributed by atoms with Gasteiger partial charge in [-0.15, -0.1) is 0 Å². The van der Waals surface area contributed by atoms with Gasteiger partial charge in [-0.25, -0.2) is 4.39 Å². The highest BCUT2D eigenvalue weighted by Gasteiger charge is 2.31. The van der Waals surface area contributed by atoms with Crippen molar-refractivity contribution in [3.05, 3.63) is 23.8 Å². The molecule has 2 atom stereocenters. The fourth-order valence-electron chi connectivity index (χ4n) is 2.52. The van der Waals surface area contributed by atoms with Crippen LogP contribution in [0.15, 0.2) is 18.2 Å². The summed E-state index contributed by atoms with van der Waals surface area (Å²) >= 11 is 0. The first kappa shape index (κ1) is 14.1. The van der Waals surface area contributed by atoms with Crippen molar-refractivity contribution in [1.29, 1.82) is 0 Å². The van der Waals surface area contributed by atoms with E-state index in [1.165, 1.54) is 0 Å². The largest absolute Gasteiger partial charge is 0.493 e. The molecule has 1 aromatic rings. The number of alkyl halides is 1. The van der Waals surface area contributed by atoms with E-state index in [4.69, 9.17) is 9.47 Å². The van der Waals surface area contributed by atoms with E-state index >= 15 is 0 Å². The number of hydrogen-bond acceptors (Lipinski definition) is 4. The summed E-state index contributed by atoms with van der Waals surface area (Å²) < 4.78 is 23.8. The van der Waals surface area contributed by atoms with Crippen molar-refractivity contribution < 1.29 is 19.0 Å². The molecule has 1 N–H and O–H groups in total. The Morgan fingerprint density at radius 3 is 2.68 bits per heavy atom. The maximum absolute atomic E-state index is 13.4. The first-order valence-electron chi connectivity index (χ1n) is 6.37. The van der Waals surface area contributed by atoms with Gasteiger partial charge >= 0.3 is 0 Å². The second-order valence-electron chi connectivity index (χ2n) is 4.79. The van der Waals surface area contributed by atoms with Crippen LogP contribution in [0, 0.1) is 0 Å². The van der Waals surface area contributed by atoms with Crippen molar-refractivity contribution in [2.75, 3.05) is 27.4 Å². The summed E-state index contributed by atoms with van der Waals surface area (Å²) in [5.74, 6) is 1.34. The van der Waals surface area contributed by atoms with Crippen molar-refractivity contribution in [2.24, 2.45) is 0 Å². The highest BCUT2D eigenvalue weighted by Crippen LogP contribution is 2.29. The second kappa shape index (κ2) is 6.21.